The highest BCUT2D eigenvalue weighted by Gasteiger charge is 2.24. The second-order valence-electron chi connectivity index (χ2n) is 5.83. The van der Waals surface area contributed by atoms with E-state index in [0.29, 0.717) is 25.6 Å². The maximum atomic E-state index is 12.1. The summed E-state index contributed by atoms with van der Waals surface area (Å²) in [6.07, 6.45) is 4.96. The van der Waals surface area contributed by atoms with Crippen LogP contribution >= 0.6 is 12.4 Å². The topological polar surface area (TPSA) is 73.6 Å². The van der Waals surface area contributed by atoms with Crippen LogP contribution in [0.1, 0.15) is 32.1 Å². The predicted molar refractivity (Wildman–Crippen MR) is 94.2 cm³/mol. The van der Waals surface area contributed by atoms with E-state index in [1.165, 1.54) is 12.8 Å². The van der Waals surface area contributed by atoms with Crippen LogP contribution in [0.4, 0.5) is 5.69 Å². The molecule has 6 heteroatoms. The Hall–Kier alpha value is -1.30. The molecule has 0 aliphatic heterocycles. The highest BCUT2D eigenvalue weighted by molar-refractivity contribution is 5.90. The van der Waals surface area contributed by atoms with Crippen LogP contribution in [0.5, 0.6) is 5.75 Å². The number of carbonyl (C=O) groups excluding carboxylic acids is 1. The van der Waals surface area contributed by atoms with Crippen LogP contribution in [0, 0.1) is 5.92 Å². The van der Waals surface area contributed by atoms with Crippen LogP contribution in [0.3, 0.4) is 0 Å². The number of hydrogen-bond acceptors (Lipinski definition) is 4. The number of rotatable bonds is 7. The van der Waals surface area contributed by atoms with Gasteiger partial charge in [-0.15, -0.1) is 12.4 Å². The number of ether oxygens (including phenoxy) is 2. The summed E-state index contributed by atoms with van der Waals surface area (Å²) in [5.41, 5.74) is 6.88. The van der Waals surface area contributed by atoms with Crippen molar-refractivity contribution in [3.63, 3.8) is 0 Å². The first-order valence-corrected chi connectivity index (χ1v) is 7.96. The van der Waals surface area contributed by atoms with E-state index in [4.69, 9.17) is 15.2 Å². The third-order valence-electron chi connectivity index (χ3n) is 4.11. The van der Waals surface area contributed by atoms with Crippen LogP contribution in [-0.2, 0) is 9.53 Å². The van der Waals surface area contributed by atoms with Gasteiger partial charge in [-0.3, -0.25) is 4.79 Å². The van der Waals surface area contributed by atoms with Gasteiger partial charge in [0.05, 0.1) is 6.61 Å². The minimum absolute atomic E-state index is 0. The zero-order valence-corrected chi connectivity index (χ0v) is 14.4. The first-order valence-electron chi connectivity index (χ1n) is 7.96. The minimum atomic E-state index is 0. The Morgan fingerprint density at radius 3 is 2.57 bits per heavy atom. The molecule has 0 bridgehead atoms. The number of amides is 1. The maximum absolute atomic E-state index is 12.1. The molecule has 0 radical (unpaired) electrons. The molecule has 0 aromatic heterocycles. The molecule has 0 heterocycles. The lowest BCUT2D eigenvalue weighted by molar-refractivity contribution is -0.117. The molecule has 3 N–H and O–H groups in total. The predicted octanol–water partition coefficient (Wildman–Crippen LogP) is 2.98. The molecule has 23 heavy (non-hydrogen) atoms. The third kappa shape index (κ3) is 6.77. The fourth-order valence-electron chi connectivity index (χ4n) is 2.82. The summed E-state index contributed by atoms with van der Waals surface area (Å²) in [5, 5.41) is 2.93. The van der Waals surface area contributed by atoms with E-state index in [-0.39, 0.29) is 24.4 Å². The SMILES string of the molecule is COCCOc1ccc(NC(=O)CC2CCCCC2N)cc1.Cl. The zero-order valence-electron chi connectivity index (χ0n) is 13.6. The van der Waals surface area contributed by atoms with Crippen molar-refractivity contribution in [3.8, 4) is 5.75 Å². The van der Waals surface area contributed by atoms with E-state index in [0.717, 1.165) is 24.3 Å². The Labute approximate surface area is 144 Å². The molecule has 130 valence electrons. The van der Waals surface area contributed by atoms with Crippen molar-refractivity contribution in [2.24, 2.45) is 11.7 Å². The number of halogens is 1. The first-order chi connectivity index (χ1) is 10.7. The molecule has 2 unspecified atom stereocenters. The lowest BCUT2D eigenvalue weighted by Crippen LogP contribution is -2.35. The number of carbonyl (C=O) groups is 1. The average molecular weight is 343 g/mol. The number of hydrogen-bond donors (Lipinski definition) is 2. The van der Waals surface area contributed by atoms with Crippen LogP contribution in [0.25, 0.3) is 0 Å². The molecule has 2 atom stereocenters. The Kier molecular flexibility index (Phi) is 8.99. The Balaban J connectivity index is 0.00000264. The van der Waals surface area contributed by atoms with E-state index < -0.39 is 0 Å². The second kappa shape index (κ2) is 10.5. The van der Waals surface area contributed by atoms with Gasteiger partial charge in [0.15, 0.2) is 0 Å². The van der Waals surface area contributed by atoms with Gasteiger partial charge >= 0.3 is 0 Å². The molecule has 0 spiro atoms. The van der Waals surface area contributed by atoms with Gasteiger partial charge in [0.25, 0.3) is 0 Å². The Bertz CT molecular complexity index is 467. The van der Waals surface area contributed by atoms with E-state index in [9.17, 15) is 4.79 Å². The second-order valence-corrected chi connectivity index (χ2v) is 5.83. The summed E-state index contributed by atoms with van der Waals surface area (Å²) in [6.45, 7) is 1.07. The zero-order chi connectivity index (χ0) is 15.8. The van der Waals surface area contributed by atoms with Crippen molar-refractivity contribution < 1.29 is 14.3 Å². The summed E-state index contributed by atoms with van der Waals surface area (Å²) in [7, 11) is 1.64. The third-order valence-corrected chi connectivity index (χ3v) is 4.11. The summed E-state index contributed by atoms with van der Waals surface area (Å²) in [4.78, 5) is 12.1. The van der Waals surface area contributed by atoms with Crippen LogP contribution in [-0.4, -0.2) is 32.3 Å². The molecular formula is C17H27ClN2O3. The number of nitrogens with one attached hydrogen (secondary N) is 1. The highest BCUT2D eigenvalue weighted by atomic mass is 35.5. The number of anilines is 1. The van der Waals surface area contributed by atoms with E-state index >= 15 is 0 Å². The van der Waals surface area contributed by atoms with Gasteiger partial charge in [-0.25, -0.2) is 0 Å². The van der Waals surface area contributed by atoms with Gasteiger partial charge in [0.1, 0.15) is 12.4 Å². The normalized spacial score (nSPS) is 20.4. The average Bonchev–Trinajstić information content (AvgIpc) is 2.51. The van der Waals surface area contributed by atoms with Crippen LogP contribution in [0.15, 0.2) is 24.3 Å². The standard InChI is InChI=1S/C17H26N2O3.ClH/c1-21-10-11-22-15-8-6-14(7-9-15)19-17(20)12-13-4-2-3-5-16(13)18;/h6-9,13,16H,2-5,10-12,18H2,1H3,(H,19,20);1H. The van der Waals surface area contributed by atoms with Crippen molar-refractivity contribution in [2.75, 3.05) is 25.6 Å². The smallest absolute Gasteiger partial charge is 0.224 e. The van der Waals surface area contributed by atoms with Crippen LogP contribution in [0.2, 0.25) is 0 Å². The van der Waals surface area contributed by atoms with Gasteiger partial charge in [0, 0.05) is 25.3 Å². The van der Waals surface area contributed by atoms with Crippen molar-refractivity contribution in [1.29, 1.82) is 0 Å². The van der Waals surface area contributed by atoms with Gasteiger partial charge in [-0.1, -0.05) is 12.8 Å². The molecule has 1 aromatic carbocycles. The Morgan fingerprint density at radius 1 is 1.22 bits per heavy atom. The molecule has 1 aliphatic carbocycles. The summed E-state index contributed by atoms with van der Waals surface area (Å²) in [5.74, 6) is 1.12. The highest BCUT2D eigenvalue weighted by Crippen LogP contribution is 2.26. The number of nitrogens with two attached hydrogens (primary N) is 1. The largest absolute Gasteiger partial charge is 0.491 e. The monoisotopic (exact) mass is 342 g/mol. The van der Waals surface area contributed by atoms with Gasteiger partial charge in [-0.05, 0) is 43.0 Å². The van der Waals surface area contributed by atoms with Gasteiger partial charge < -0.3 is 20.5 Å². The first kappa shape index (κ1) is 19.7. The molecule has 1 amide bonds. The lowest BCUT2D eigenvalue weighted by atomic mass is 9.83. The Morgan fingerprint density at radius 2 is 1.91 bits per heavy atom. The molecule has 1 aromatic rings. The lowest BCUT2D eigenvalue weighted by Gasteiger charge is -2.27. The van der Waals surface area contributed by atoms with Gasteiger partial charge in [0.2, 0.25) is 5.91 Å². The van der Waals surface area contributed by atoms with Crippen LogP contribution < -0.4 is 15.8 Å². The molecular weight excluding hydrogens is 316 g/mol. The quantitative estimate of drug-likeness (QED) is 0.747. The molecule has 2 rings (SSSR count). The molecule has 1 aliphatic rings. The number of methoxy groups -OCH3 is 1. The summed E-state index contributed by atoms with van der Waals surface area (Å²) < 4.78 is 10.4. The van der Waals surface area contributed by atoms with E-state index in [1.807, 2.05) is 24.3 Å². The maximum Gasteiger partial charge on any atom is 0.224 e. The molecule has 1 fully saturated rings. The molecule has 5 nitrogen and oxygen atoms in total. The molecule has 0 saturated heterocycles. The van der Waals surface area contributed by atoms with Crippen molar-refractivity contribution in [2.45, 2.75) is 38.1 Å². The van der Waals surface area contributed by atoms with Crippen molar-refractivity contribution in [1.82, 2.24) is 0 Å². The van der Waals surface area contributed by atoms with E-state index in [2.05, 4.69) is 5.32 Å². The fourth-order valence-corrected chi connectivity index (χ4v) is 2.82. The molecule has 1 saturated carbocycles. The number of benzene rings is 1. The van der Waals surface area contributed by atoms with Crippen molar-refractivity contribution >= 4 is 24.0 Å². The summed E-state index contributed by atoms with van der Waals surface area (Å²) >= 11 is 0. The van der Waals surface area contributed by atoms with Gasteiger partial charge in [-0.2, -0.15) is 0 Å². The fraction of sp³-hybridized carbons (Fsp3) is 0.588. The summed E-state index contributed by atoms with van der Waals surface area (Å²) in [6, 6.07) is 7.55. The van der Waals surface area contributed by atoms with Crippen molar-refractivity contribution in [3.05, 3.63) is 24.3 Å². The van der Waals surface area contributed by atoms with E-state index in [1.54, 1.807) is 7.11 Å². The minimum Gasteiger partial charge on any atom is -0.491 e.